The van der Waals surface area contributed by atoms with E-state index in [-0.39, 0.29) is 24.8 Å². The Morgan fingerprint density at radius 2 is 2.00 bits per heavy atom. The van der Waals surface area contributed by atoms with Crippen LogP contribution in [0.4, 0.5) is 4.79 Å². The molecule has 120 valence electrons. The van der Waals surface area contributed by atoms with Gasteiger partial charge in [-0.15, -0.1) is 0 Å². The van der Waals surface area contributed by atoms with Crippen LogP contribution in [0.1, 0.15) is 46.0 Å². The van der Waals surface area contributed by atoms with E-state index in [9.17, 15) is 19.5 Å². The first kappa shape index (κ1) is 17.3. The molecule has 1 aliphatic rings. The van der Waals surface area contributed by atoms with Gasteiger partial charge >= 0.3 is 12.0 Å². The van der Waals surface area contributed by atoms with E-state index in [2.05, 4.69) is 16.0 Å². The molecule has 0 aliphatic heterocycles. The molecule has 0 aromatic rings. The van der Waals surface area contributed by atoms with Gasteiger partial charge in [-0.05, 0) is 25.7 Å². The molecular formula is C14H25N3O4. The number of nitrogens with one attached hydrogen (secondary N) is 3. The lowest BCUT2D eigenvalue weighted by Crippen LogP contribution is -2.59. The van der Waals surface area contributed by atoms with Gasteiger partial charge in [0.1, 0.15) is 5.54 Å². The predicted octanol–water partition coefficient (Wildman–Crippen LogP) is 0.845. The molecule has 0 heterocycles. The SMILES string of the molecule is CCNC(=O)CCNC(=O)NC1(C(=O)O)CCCC(C)C1. The molecule has 1 fully saturated rings. The number of carboxylic acid groups (broad SMARTS) is 1. The van der Waals surface area contributed by atoms with Gasteiger partial charge in [-0.25, -0.2) is 9.59 Å². The number of rotatable bonds is 6. The van der Waals surface area contributed by atoms with Crippen molar-refractivity contribution < 1.29 is 19.5 Å². The van der Waals surface area contributed by atoms with Crippen LogP contribution in [-0.2, 0) is 9.59 Å². The largest absolute Gasteiger partial charge is 0.480 e. The minimum Gasteiger partial charge on any atom is -0.480 e. The molecule has 0 saturated heterocycles. The molecule has 2 unspecified atom stereocenters. The van der Waals surface area contributed by atoms with Crippen LogP contribution in [0.2, 0.25) is 0 Å². The Morgan fingerprint density at radius 3 is 2.57 bits per heavy atom. The normalized spacial score (nSPS) is 25.0. The van der Waals surface area contributed by atoms with Crippen LogP contribution in [0, 0.1) is 5.92 Å². The highest BCUT2D eigenvalue weighted by Crippen LogP contribution is 2.32. The fraction of sp³-hybridized carbons (Fsp3) is 0.786. The van der Waals surface area contributed by atoms with E-state index >= 15 is 0 Å². The van der Waals surface area contributed by atoms with Crippen molar-refractivity contribution in [3.63, 3.8) is 0 Å². The minimum absolute atomic E-state index is 0.142. The number of amides is 3. The van der Waals surface area contributed by atoms with E-state index < -0.39 is 17.5 Å². The summed E-state index contributed by atoms with van der Waals surface area (Å²) < 4.78 is 0. The molecule has 7 nitrogen and oxygen atoms in total. The average molecular weight is 299 g/mol. The third-order valence-corrected chi connectivity index (χ3v) is 3.77. The molecule has 1 saturated carbocycles. The van der Waals surface area contributed by atoms with Crippen LogP contribution in [0.25, 0.3) is 0 Å². The molecule has 0 radical (unpaired) electrons. The molecule has 0 spiro atoms. The topological polar surface area (TPSA) is 108 Å². The highest BCUT2D eigenvalue weighted by molar-refractivity contribution is 5.86. The molecule has 1 aliphatic carbocycles. The van der Waals surface area contributed by atoms with Crippen molar-refractivity contribution in [2.45, 2.75) is 51.5 Å². The molecule has 4 N–H and O–H groups in total. The number of hydrogen-bond donors (Lipinski definition) is 4. The number of carbonyl (C=O) groups excluding carboxylic acids is 2. The van der Waals surface area contributed by atoms with Crippen molar-refractivity contribution in [3.8, 4) is 0 Å². The quantitative estimate of drug-likeness (QED) is 0.583. The third-order valence-electron chi connectivity index (χ3n) is 3.77. The summed E-state index contributed by atoms with van der Waals surface area (Å²) in [6.07, 6.45) is 2.82. The first-order valence-electron chi connectivity index (χ1n) is 7.45. The van der Waals surface area contributed by atoms with Crippen molar-refractivity contribution in [1.29, 1.82) is 0 Å². The summed E-state index contributed by atoms with van der Waals surface area (Å²) >= 11 is 0. The third kappa shape index (κ3) is 5.24. The van der Waals surface area contributed by atoms with Crippen molar-refractivity contribution in [2.24, 2.45) is 5.92 Å². The van der Waals surface area contributed by atoms with Crippen LogP contribution in [0.5, 0.6) is 0 Å². The zero-order chi connectivity index (χ0) is 15.9. The van der Waals surface area contributed by atoms with Gasteiger partial charge in [0, 0.05) is 19.5 Å². The van der Waals surface area contributed by atoms with Gasteiger partial charge in [0.2, 0.25) is 5.91 Å². The molecule has 0 aromatic heterocycles. The first-order chi connectivity index (χ1) is 9.89. The van der Waals surface area contributed by atoms with Gasteiger partial charge in [-0.1, -0.05) is 19.8 Å². The van der Waals surface area contributed by atoms with Gasteiger partial charge in [0.15, 0.2) is 0 Å². The first-order valence-corrected chi connectivity index (χ1v) is 7.45. The second-order valence-corrected chi connectivity index (χ2v) is 5.67. The van der Waals surface area contributed by atoms with E-state index in [1.807, 2.05) is 13.8 Å². The van der Waals surface area contributed by atoms with Gasteiger partial charge in [0.05, 0.1) is 0 Å². The lowest BCUT2D eigenvalue weighted by molar-refractivity contribution is -0.146. The number of hydrogen-bond acceptors (Lipinski definition) is 3. The summed E-state index contributed by atoms with van der Waals surface area (Å²) in [5.41, 5.74) is -1.19. The van der Waals surface area contributed by atoms with Crippen molar-refractivity contribution in [1.82, 2.24) is 16.0 Å². The number of carboxylic acids is 1. The van der Waals surface area contributed by atoms with Crippen LogP contribution in [-0.4, -0.2) is 41.6 Å². The average Bonchev–Trinajstić information content (AvgIpc) is 2.38. The Balaban J connectivity index is 2.46. The van der Waals surface area contributed by atoms with Crippen molar-refractivity contribution in [3.05, 3.63) is 0 Å². The maximum absolute atomic E-state index is 11.8. The second-order valence-electron chi connectivity index (χ2n) is 5.67. The maximum atomic E-state index is 11.8. The highest BCUT2D eigenvalue weighted by atomic mass is 16.4. The molecule has 0 aromatic carbocycles. The smallest absolute Gasteiger partial charge is 0.329 e. The maximum Gasteiger partial charge on any atom is 0.329 e. The molecule has 2 atom stereocenters. The van der Waals surface area contributed by atoms with E-state index in [0.29, 0.717) is 19.4 Å². The summed E-state index contributed by atoms with van der Waals surface area (Å²) in [5.74, 6) is -0.865. The Labute approximate surface area is 124 Å². The lowest BCUT2D eigenvalue weighted by Gasteiger charge is -2.36. The molecule has 21 heavy (non-hydrogen) atoms. The Kier molecular flexibility index (Phi) is 6.45. The van der Waals surface area contributed by atoms with E-state index in [0.717, 1.165) is 12.8 Å². The highest BCUT2D eigenvalue weighted by Gasteiger charge is 2.43. The van der Waals surface area contributed by atoms with Gasteiger partial charge < -0.3 is 21.1 Å². The van der Waals surface area contributed by atoms with Crippen molar-refractivity contribution >= 4 is 17.9 Å². The monoisotopic (exact) mass is 299 g/mol. The zero-order valence-electron chi connectivity index (χ0n) is 12.7. The number of aliphatic carboxylic acids is 1. The molecule has 7 heteroatoms. The summed E-state index contributed by atoms with van der Waals surface area (Å²) in [6, 6.07) is -0.532. The summed E-state index contributed by atoms with van der Waals surface area (Å²) in [5, 5.41) is 17.2. The standard InChI is InChI=1S/C14H25N3O4/c1-3-15-11(18)6-8-16-13(21)17-14(12(19)20)7-4-5-10(2)9-14/h10H,3-9H2,1-2H3,(H,15,18)(H,19,20)(H2,16,17,21). The Morgan fingerprint density at radius 1 is 1.29 bits per heavy atom. The molecule has 0 bridgehead atoms. The summed E-state index contributed by atoms with van der Waals surface area (Å²) in [7, 11) is 0. The molecule has 1 rings (SSSR count). The van der Waals surface area contributed by atoms with E-state index in [1.165, 1.54) is 0 Å². The van der Waals surface area contributed by atoms with E-state index in [1.54, 1.807) is 0 Å². The molecular weight excluding hydrogens is 274 g/mol. The Bertz CT molecular complexity index is 400. The second kappa shape index (κ2) is 7.85. The van der Waals surface area contributed by atoms with Crippen LogP contribution in [0.15, 0.2) is 0 Å². The molecule has 3 amide bonds. The summed E-state index contributed by atoms with van der Waals surface area (Å²) in [4.78, 5) is 34.6. The predicted molar refractivity (Wildman–Crippen MR) is 77.8 cm³/mol. The van der Waals surface area contributed by atoms with Crippen LogP contribution in [0.3, 0.4) is 0 Å². The lowest BCUT2D eigenvalue weighted by atomic mass is 9.76. The van der Waals surface area contributed by atoms with Crippen molar-refractivity contribution in [2.75, 3.05) is 13.1 Å². The number of urea groups is 1. The zero-order valence-corrected chi connectivity index (χ0v) is 12.7. The van der Waals surface area contributed by atoms with Crippen LogP contribution < -0.4 is 16.0 Å². The fourth-order valence-electron chi connectivity index (χ4n) is 2.75. The van der Waals surface area contributed by atoms with E-state index in [4.69, 9.17) is 0 Å². The minimum atomic E-state index is -1.19. The van der Waals surface area contributed by atoms with Gasteiger partial charge in [0.25, 0.3) is 0 Å². The van der Waals surface area contributed by atoms with Gasteiger partial charge in [-0.3, -0.25) is 4.79 Å². The summed E-state index contributed by atoms with van der Waals surface area (Å²) in [6.45, 7) is 4.54. The van der Waals surface area contributed by atoms with Gasteiger partial charge in [-0.2, -0.15) is 0 Å². The fourth-order valence-corrected chi connectivity index (χ4v) is 2.75. The van der Waals surface area contributed by atoms with Crippen LogP contribution >= 0.6 is 0 Å². The Hall–Kier alpha value is -1.79. The number of carbonyl (C=O) groups is 3.